The van der Waals surface area contributed by atoms with Gasteiger partial charge in [0, 0.05) is 29.5 Å². The Labute approximate surface area is 107 Å². The van der Waals surface area contributed by atoms with Crippen molar-refractivity contribution in [1.29, 1.82) is 0 Å². The zero-order valence-corrected chi connectivity index (χ0v) is 11.5. The van der Waals surface area contributed by atoms with E-state index < -0.39 is 0 Å². The average Bonchev–Trinajstić information content (AvgIpc) is 2.90. The Morgan fingerprint density at radius 2 is 2.41 bits per heavy atom. The van der Waals surface area contributed by atoms with Crippen molar-refractivity contribution in [2.24, 2.45) is 5.73 Å². The Kier molecular flexibility index (Phi) is 4.20. The van der Waals surface area contributed by atoms with E-state index in [4.69, 9.17) is 10.5 Å². The number of hydrogen-bond donors (Lipinski definition) is 2. The maximum atomic E-state index is 5.85. The van der Waals surface area contributed by atoms with Crippen LogP contribution in [0.3, 0.4) is 0 Å². The molecule has 1 aliphatic rings. The molecule has 4 heteroatoms. The summed E-state index contributed by atoms with van der Waals surface area (Å²) in [6.45, 7) is 6.72. The quantitative estimate of drug-likeness (QED) is 0.847. The second-order valence-corrected chi connectivity index (χ2v) is 6.34. The molecule has 3 N–H and O–H groups in total. The van der Waals surface area contributed by atoms with Crippen LogP contribution in [0.25, 0.3) is 0 Å². The Morgan fingerprint density at radius 3 is 2.94 bits per heavy atom. The number of nitrogens with two attached hydrogens (primary N) is 1. The van der Waals surface area contributed by atoms with E-state index in [-0.39, 0.29) is 11.6 Å². The van der Waals surface area contributed by atoms with E-state index in [9.17, 15) is 0 Å². The molecule has 0 aliphatic carbocycles. The Hall–Kier alpha value is -0.420. The van der Waals surface area contributed by atoms with Crippen LogP contribution in [0.15, 0.2) is 12.1 Å². The highest BCUT2D eigenvalue weighted by Crippen LogP contribution is 2.26. The van der Waals surface area contributed by atoms with Crippen LogP contribution in [0, 0.1) is 6.92 Å². The van der Waals surface area contributed by atoms with Gasteiger partial charge in [0.2, 0.25) is 0 Å². The number of thiophene rings is 1. The van der Waals surface area contributed by atoms with Crippen molar-refractivity contribution in [2.45, 2.75) is 38.3 Å². The van der Waals surface area contributed by atoms with E-state index in [1.54, 1.807) is 0 Å². The van der Waals surface area contributed by atoms with Gasteiger partial charge in [-0.05, 0) is 38.8 Å². The molecule has 0 amide bonds. The largest absolute Gasteiger partial charge is 0.374 e. The summed E-state index contributed by atoms with van der Waals surface area (Å²) >= 11 is 1.82. The van der Waals surface area contributed by atoms with Gasteiger partial charge in [-0.1, -0.05) is 0 Å². The molecule has 2 rings (SSSR count). The fourth-order valence-corrected chi connectivity index (χ4v) is 3.22. The predicted molar refractivity (Wildman–Crippen MR) is 72.4 cm³/mol. The summed E-state index contributed by atoms with van der Waals surface area (Å²) < 4.78 is 5.78. The molecule has 1 aromatic heterocycles. The highest BCUT2D eigenvalue weighted by atomic mass is 32.1. The maximum absolute atomic E-state index is 5.85. The van der Waals surface area contributed by atoms with Gasteiger partial charge in [0.1, 0.15) is 0 Å². The third kappa shape index (κ3) is 3.28. The SMILES string of the molecule is Cc1ccc(C(CN)NCC2(C)CCCO2)s1. The van der Waals surface area contributed by atoms with E-state index >= 15 is 0 Å². The molecule has 3 nitrogen and oxygen atoms in total. The summed E-state index contributed by atoms with van der Waals surface area (Å²) in [6, 6.07) is 4.58. The first-order chi connectivity index (χ1) is 8.13. The van der Waals surface area contributed by atoms with E-state index in [0.29, 0.717) is 6.54 Å². The molecular weight excluding hydrogens is 232 g/mol. The monoisotopic (exact) mass is 254 g/mol. The standard InChI is InChI=1S/C13H22N2OS/c1-10-4-5-12(17-10)11(8-14)15-9-13(2)6-3-7-16-13/h4-5,11,15H,3,6-9,14H2,1-2H3. The highest BCUT2D eigenvalue weighted by Gasteiger charge is 2.30. The number of nitrogens with one attached hydrogen (secondary N) is 1. The van der Waals surface area contributed by atoms with Gasteiger partial charge in [-0.25, -0.2) is 0 Å². The predicted octanol–water partition coefficient (Wildman–Crippen LogP) is 2.22. The lowest BCUT2D eigenvalue weighted by Gasteiger charge is -2.26. The lowest BCUT2D eigenvalue weighted by molar-refractivity contribution is 0.0190. The first kappa shape index (κ1) is 13.0. The summed E-state index contributed by atoms with van der Waals surface area (Å²) in [5.41, 5.74) is 5.85. The number of hydrogen-bond acceptors (Lipinski definition) is 4. The molecule has 2 atom stereocenters. The first-order valence-electron chi connectivity index (χ1n) is 6.27. The van der Waals surface area contributed by atoms with Crippen LogP contribution in [-0.2, 0) is 4.74 Å². The van der Waals surface area contributed by atoms with Crippen LogP contribution < -0.4 is 11.1 Å². The summed E-state index contributed by atoms with van der Waals surface area (Å²) in [4.78, 5) is 2.66. The van der Waals surface area contributed by atoms with Crippen molar-refractivity contribution < 1.29 is 4.74 Å². The molecule has 0 spiro atoms. The third-order valence-corrected chi connectivity index (χ3v) is 4.48. The topological polar surface area (TPSA) is 47.3 Å². The Balaban J connectivity index is 1.91. The number of aryl methyl sites for hydroxylation is 1. The van der Waals surface area contributed by atoms with Gasteiger partial charge >= 0.3 is 0 Å². The van der Waals surface area contributed by atoms with E-state index in [1.807, 2.05) is 11.3 Å². The lowest BCUT2D eigenvalue weighted by atomic mass is 10.0. The fourth-order valence-electron chi connectivity index (χ4n) is 2.26. The average molecular weight is 254 g/mol. The fraction of sp³-hybridized carbons (Fsp3) is 0.692. The van der Waals surface area contributed by atoms with Crippen molar-refractivity contribution in [2.75, 3.05) is 19.7 Å². The molecule has 1 aromatic rings. The normalized spacial score (nSPS) is 26.3. The van der Waals surface area contributed by atoms with Gasteiger partial charge in [-0.2, -0.15) is 0 Å². The van der Waals surface area contributed by atoms with Gasteiger partial charge in [-0.3, -0.25) is 0 Å². The molecule has 0 bridgehead atoms. The van der Waals surface area contributed by atoms with Crippen molar-refractivity contribution in [1.82, 2.24) is 5.32 Å². The van der Waals surface area contributed by atoms with Crippen molar-refractivity contribution in [3.8, 4) is 0 Å². The van der Waals surface area contributed by atoms with Crippen LogP contribution in [0.1, 0.15) is 35.6 Å². The zero-order chi connectivity index (χ0) is 12.3. The molecule has 1 aliphatic heterocycles. The number of ether oxygens (including phenoxy) is 1. The molecule has 2 heterocycles. The van der Waals surface area contributed by atoms with Crippen LogP contribution in [-0.4, -0.2) is 25.3 Å². The van der Waals surface area contributed by atoms with Gasteiger partial charge < -0.3 is 15.8 Å². The first-order valence-corrected chi connectivity index (χ1v) is 7.08. The Morgan fingerprint density at radius 1 is 1.59 bits per heavy atom. The summed E-state index contributed by atoms with van der Waals surface area (Å²) in [7, 11) is 0. The van der Waals surface area contributed by atoms with Crippen LogP contribution in [0.2, 0.25) is 0 Å². The minimum Gasteiger partial charge on any atom is -0.374 e. The van der Waals surface area contributed by atoms with E-state index in [2.05, 4.69) is 31.3 Å². The minimum absolute atomic E-state index is 0.000274. The molecule has 17 heavy (non-hydrogen) atoms. The molecule has 2 unspecified atom stereocenters. The van der Waals surface area contributed by atoms with Crippen LogP contribution in [0.4, 0.5) is 0 Å². The van der Waals surface area contributed by atoms with Gasteiger partial charge in [-0.15, -0.1) is 11.3 Å². The molecular formula is C13H22N2OS. The molecule has 1 fully saturated rings. The van der Waals surface area contributed by atoms with Crippen LogP contribution >= 0.6 is 11.3 Å². The molecule has 0 saturated carbocycles. The Bertz CT molecular complexity index is 358. The molecule has 0 radical (unpaired) electrons. The number of rotatable bonds is 5. The maximum Gasteiger partial charge on any atom is 0.0779 e. The second-order valence-electron chi connectivity index (χ2n) is 5.02. The summed E-state index contributed by atoms with van der Waals surface area (Å²) in [5.74, 6) is 0. The summed E-state index contributed by atoms with van der Waals surface area (Å²) in [5, 5.41) is 3.54. The molecule has 1 saturated heterocycles. The summed E-state index contributed by atoms with van der Waals surface area (Å²) in [6.07, 6.45) is 2.31. The van der Waals surface area contributed by atoms with Gasteiger partial charge in [0.15, 0.2) is 0 Å². The van der Waals surface area contributed by atoms with Gasteiger partial charge in [0.05, 0.1) is 11.6 Å². The van der Waals surface area contributed by atoms with Crippen molar-refractivity contribution >= 4 is 11.3 Å². The minimum atomic E-state index is -0.000274. The smallest absolute Gasteiger partial charge is 0.0779 e. The second kappa shape index (κ2) is 5.48. The van der Waals surface area contributed by atoms with E-state index in [0.717, 1.165) is 19.6 Å². The van der Waals surface area contributed by atoms with Crippen molar-refractivity contribution in [3.63, 3.8) is 0 Å². The molecule has 96 valence electrons. The van der Waals surface area contributed by atoms with Gasteiger partial charge in [0.25, 0.3) is 0 Å². The molecule has 0 aromatic carbocycles. The van der Waals surface area contributed by atoms with Crippen molar-refractivity contribution in [3.05, 3.63) is 21.9 Å². The van der Waals surface area contributed by atoms with Crippen LogP contribution in [0.5, 0.6) is 0 Å². The highest BCUT2D eigenvalue weighted by molar-refractivity contribution is 7.12. The van der Waals surface area contributed by atoms with E-state index in [1.165, 1.54) is 16.2 Å². The lowest BCUT2D eigenvalue weighted by Crippen LogP contribution is -2.40. The zero-order valence-electron chi connectivity index (χ0n) is 10.7. The third-order valence-electron chi connectivity index (χ3n) is 3.36.